The Morgan fingerprint density at radius 2 is 1.75 bits per heavy atom. The minimum Gasteiger partial charge on any atom is -0.493 e. The van der Waals surface area contributed by atoms with E-state index in [-0.39, 0.29) is 21.2 Å². The number of carbonyl (C=O) groups is 4. The lowest BCUT2D eigenvalue weighted by atomic mass is 10.1. The first-order chi connectivity index (χ1) is 19.2. The Balaban J connectivity index is 1.42. The minimum atomic E-state index is -0.667. The Bertz CT molecular complexity index is 1500. The lowest BCUT2D eigenvalue weighted by molar-refractivity contribution is -0.127. The maximum atomic E-state index is 12.9. The Kier molecular flexibility index (Phi) is 9.13. The van der Waals surface area contributed by atoms with Crippen LogP contribution in [-0.4, -0.2) is 48.7 Å². The van der Waals surface area contributed by atoms with Crippen molar-refractivity contribution < 1.29 is 33.4 Å². The first-order valence-electron chi connectivity index (χ1n) is 12.0. The second-order valence-electron chi connectivity index (χ2n) is 8.69. The highest BCUT2D eigenvalue weighted by atomic mass is 35.5. The van der Waals surface area contributed by atoms with Crippen molar-refractivity contribution in [1.82, 2.24) is 4.90 Å². The lowest BCUT2D eigenvalue weighted by Crippen LogP contribution is -2.36. The van der Waals surface area contributed by atoms with Crippen LogP contribution < -0.4 is 14.8 Å². The molecule has 0 saturated carbocycles. The molecule has 0 bridgehead atoms. The number of nitrogens with one attached hydrogen (secondary N) is 1. The Morgan fingerprint density at radius 1 is 1.00 bits per heavy atom. The highest BCUT2D eigenvalue weighted by Crippen LogP contribution is 2.35. The normalized spacial score (nSPS) is 13.9. The molecule has 1 heterocycles. The summed E-state index contributed by atoms with van der Waals surface area (Å²) in [5.74, 6) is -0.899. The van der Waals surface area contributed by atoms with Gasteiger partial charge in [0.1, 0.15) is 13.2 Å². The molecule has 9 nitrogen and oxygen atoms in total. The monoisotopic (exact) mass is 580 g/mol. The summed E-state index contributed by atoms with van der Waals surface area (Å²) in [6.45, 7) is 1.87. The molecule has 0 atom stereocenters. The smallest absolute Gasteiger partial charge is 0.339 e. The zero-order valence-corrected chi connectivity index (χ0v) is 23.4. The number of hydrogen-bond acceptors (Lipinski definition) is 8. The van der Waals surface area contributed by atoms with Crippen molar-refractivity contribution in [2.45, 2.75) is 13.5 Å². The van der Waals surface area contributed by atoms with Crippen molar-refractivity contribution in [3.8, 4) is 11.5 Å². The summed E-state index contributed by atoms with van der Waals surface area (Å²) in [6.07, 6.45) is 1.55. The number of halogens is 1. The number of carbonyl (C=O) groups excluding carboxylic acids is 4. The van der Waals surface area contributed by atoms with Crippen LogP contribution in [0.4, 0.5) is 10.5 Å². The van der Waals surface area contributed by atoms with Crippen LogP contribution in [0.1, 0.15) is 27.0 Å². The van der Waals surface area contributed by atoms with Crippen molar-refractivity contribution in [1.29, 1.82) is 0 Å². The highest BCUT2D eigenvalue weighted by Gasteiger charge is 2.36. The number of ether oxygens (including phenoxy) is 3. The lowest BCUT2D eigenvalue weighted by Gasteiger charge is -2.13. The number of thioether (sulfide) groups is 1. The molecule has 1 N–H and O–H groups in total. The molecule has 0 aromatic heterocycles. The molecule has 3 aromatic rings. The molecule has 206 valence electrons. The van der Waals surface area contributed by atoms with E-state index in [1.54, 1.807) is 24.3 Å². The van der Waals surface area contributed by atoms with Gasteiger partial charge in [-0.25, -0.2) is 4.79 Å². The van der Waals surface area contributed by atoms with Crippen LogP contribution in [0, 0.1) is 6.92 Å². The van der Waals surface area contributed by atoms with Gasteiger partial charge in [-0.05, 0) is 66.2 Å². The average molecular weight is 581 g/mol. The van der Waals surface area contributed by atoms with E-state index < -0.39 is 29.6 Å². The van der Waals surface area contributed by atoms with Crippen molar-refractivity contribution in [3.05, 3.63) is 92.8 Å². The van der Waals surface area contributed by atoms with Crippen LogP contribution in [-0.2, 0) is 20.9 Å². The first-order valence-corrected chi connectivity index (χ1v) is 13.2. The maximum Gasteiger partial charge on any atom is 0.339 e. The topological polar surface area (TPSA) is 111 Å². The van der Waals surface area contributed by atoms with Gasteiger partial charge in [-0.1, -0.05) is 47.5 Å². The number of aryl methyl sites for hydroxylation is 1. The van der Waals surface area contributed by atoms with Crippen LogP contribution >= 0.6 is 23.4 Å². The Hall–Kier alpha value is -4.28. The minimum absolute atomic E-state index is 0.0677. The van der Waals surface area contributed by atoms with Gasteiger partial charge in [0.2, 0.25) is 5.91 Å². The van der Waals surface area contributed by atoms with Gasteiger partial charge in [-0.15, -0.1) is 0 Å². The fraction of sp³-hybridized carbons (Fsp3) is 0.172. The van der Waals surface area contributed by atoms with Gasteiger partial charge in [0.25, 0.3) is 11.1 Å². The second kappa shape index (κ2) is 12.7. The largest absolute Gasteiger partial charge is 0.493 e. The van der Waals surface area contributed by atoms with E-state index in [1.807, 2.05) is 31.2 Å². The molecule has 0 radical (unpaired) electrons. The van der Waals surface area contributed by atoms with Crippen LogP contribution in [0.2, 0.25) is 5.02 Å². The van der Waals surface area contributed by atoms with Crippen molar-refractivity contribution in [2.24, 2.45) is 0 Å². The predicted molar refractivity (Wildman–Crippen MR) is 153 cm³/mol. The number of methoxy groups -OCH3 is 2. The van der Waals surface area contributed by atoms with Gasteiger partial charge in [-0.2, -0.15) is 0 Å². The summed E-state index contributed by atoms with van der Waals surface area (Å²) in [5, 5.41) is 2.13. The van der Waals surface area contributed by atoms with Gasteiger partial charge in [-0.3, -0.25) is 19.3 Å². The van der Waals surface area contributed by atoms with Crippen molar-refractivity contribution in [2.75, 3.05) is 26.1 Å². The molecule has 1 saturated heterocycles. The third-order valence-electron chi connectivity index (χ3n) is 5.83. The summed E-state index contributed by atoms with van der Waals surface area (Å²) in [7, 11) is 2.72. The van der Waals surface area contributed by atoms with Crippen LogP contribution in [0.5, 0.6) is 11.5 Å². The molecule has 1 fully saturated rings. The standard InChI is InChI=1S/C29H25ClN2O7S/c1-17-4-6-18(7-5-17)16-39-23-11-8-19(12-24(23)37-2)13-25-27(34)32(29(36)40-25)15-26(33)31-20-9-10-22(30)21(14-20)28(35)38-3/h4-14H,15-16H2,1-3H3,(H,31,33)/b25-13+. The summed E-state index contributed by atoms with van der Waals surface area (Å²) < 4.78 is 16.0. The van der Waals surface area contributed by atoms with E-state index in [1.165, 1.54) is 32.4 Å². The Labute approximate surface area is 240 Å². The van der Waals surface area contributed by atoms with E-state index in [4.69, 9.17) is 21.1 Å². The molecule has 3 amide bonds. The fourth-order valence-corrected chi connectivity index (χ4v) is 4.77. The molecule has 0 spiro atoms. The third kappa shape index (κ3) is 6.83. The molecule has 0 aliphatic carbocycles. The molecular weight excluding hydrogens is 556 g/mol. The Morgan fingerprint density at radius 3 is 2.45 bits per heavy atom. The third-order valence-corrected chi connectivity index (χ3v) is 7.07. The molecule has 0 unspecified atom stereocenters. The van der Waals surface area contributed by atoms with Crippen LogP contribution in [0.15, 0.2) is 65.6 Å². The quantitative estimate of drug-likeness (QED) is 0.253. The number of anilines is 1. The molecular formula is C29H25ClN2O7S. The van der Waals surface area contributed by atoms with Gasteiger partial charge in [0.05, 0.1) is 29.7 Å². The van der Waals surface area contributed by atoms with E-state index in [2.05, 4.69) is 10.1 Å². The van der Waals surface area contributed by atoms with Gasteiger partial charge >= 0.3 is 5.97 Å². The van der Waals surface area contributed by atoms with Crippen molar-refractivity contribution >= 4 is 58.1 Å². The average Bonchev–Trinajstić information content (AvgIpc) is 3.20. The maximum absolute atomic E-state index is 12.9. The number of rotatable bonds is 9. The van der Waals surface area contributed by atoms with Gasteiger partial charge < -0.3 is 19.5 Å². The van der Waals surface area contributed by atoms with E-state index in [0.717, 1.165) is 27.8 Å². The summed E-state index contributed by atoms with van der Waals surface area (Å²) in [5.41, 5.74) is 3.11. The number of esters is 1. The van der Waals surface area contributed by atoms with E-state index in [9.17, 15) is 19.2 Å². The number of nitrogens with zero attached hydrogens (tertiary/aromatic N) is 1. The van der Waals surface area contributed by atoms with E-state index in [0.29, 0.717) is 23.7 Å². The highest BCUT2D eigenvalue weighted by molar-refractivity contribution is 8.18. The van der Waals surface area contributed by atoms with Gasteiger partial charge in [0, 0.05) is 5.69 Å². The first kappa shape index (κ1) is 28.7. The number of hydrogen-bond donors (Lipinski definition) is 1. The molecule has 11 heteroatoms. The van der Waals surface area contributed by atoms with Crippen LogP contribution in [0.3, 0.4) is 0 Å². The predicted octanol–water partition coefficient (Wildman–Crippen LogP) is 5.70. The second-order valence-corrected chi connectivity index (χ2v) is 10.1. The fourth-order valence-electron chi connectivity index (χ4n) is 3.74. The SMILES string of the molecule is COC(=O)c1cc(NC(=O)CN2C(=O)S/C(=C/c3ccc(OCc4ccc(C)cc4)c(OC)c3)C2=O)ccc1Cl. The number of imide groups is 1. The van der Waals surface area contributed by atoms with Crippen molar-refractivity contribution in [3.63, 3.8) is 0 Å². The van der Waals surface area contributed by atoms with Crippen LogP contribution in [0.25, 0.3) is 6.08 Å². The molecule has 40 heavy (non-hydrogen) atoms. The number of benzene rings is 3. The molecule has 3 aromatic carbocycles. The zero-order valence-electron chi connectivity index (χ0n) is 21.9. The number of amides is 3. The van der Waals surface area contributed by atoms with Gasteiger partial charge in [0.15, 0.2) is 11.5 Å². The summed E-state index contributed by atoms with van der Waals surface area (Å²) in [4.78, 5) is 50.9. The molecule has 1 aliphatic rings. The summed E-state index contributed by atoms with van der Waals surface area (Å²) in [6, 6.07) is 17.4. The van der Waals surface area contributed by atoms with E-state index >= 15 is 0 Å². The summed E-state index contributed by atoms with van der Waals surface area (Å²) >= 11 is 6.73. The zero-order chi connectivity index (χ0) is 28.8. The molecule has 1 aliphatic heterocycles. The molecule has 4 rings (SSSR count).